The van der Waals surface area contributed by atoms with Gasteiger partial charge in [-0.3, -0.25) is 14.5 Å². The number of carbonyl (C=O) groups excluding carboxylic acids is 1. The molecule has 1 N–H and O–H groups in total. The molecule has 7 heteroatoms. The van der Waals surface area contributed by atoms with Gasteiger partial charge in [0.1, 0.15) is 11.5 Å². The monoisotopic (exact) mass is 384 g/mol. The highest BCUT2D eigenvalue weighted by Crippen LogP contribution is 2.42. The molecule has 4 aromatic rings. The van der Waals surface area contributed by atoms with E-state index in [9.17, 15) is 4.79 Å². The summed E-state index contributed by atoms with van der Waals surface area (Å²) in [7, 11) is 1.84. The maximum atomic E-state index is 12.4. The number of hydrogen-bond acceptors (Lipinski definition) is 4. The van der Waals surface area contributed by atoms with Gasteiger partial charge in [-0.1, -0.05) is 18.2 Å². The third-order valence-electron chi connectivity index (χ3n) is 5.26. The predicted octanol–water partition coefficient (Wildman–Crippen LogP) is 3.45. The maximum absolute atomic E-state index is 12.4. The third kappa shape index (κ3) is 3.00. The van der Waals surface area contributed by atoms with Gasteiger partial charge in [-0.25, -0.2) is 4.68 Å². The summed E-state index contributed by atoms with van der Waals surface area (Å²) in [4.78, 5) is 16.9. The van der Waals surface area contributed by atoms with E-state index in [-0.39, 0.29) is 11.8 Å². The number of carbonyl (C=O) groups is 1. The van der Waals surface area contributed by atoms with E-state index in [0.717, 1.165) is 34.0 Å². The lowest BCUT2D eigenvalue weighted by Gasteiger charge is -2.23. The van der Waals surface area contributed by atoms with Crippen LogP contribution in [0.3, 0.4) is 0 Å². The SMILES string of the molecule is Cc1cccc(-n2cc(C3CC(=O)Nc4c3c(-c3ccccn3)nn4C)cn2)c1. The summed E-state index contributed by atoms with van der Waals surface area (Å²) in [6.07, 6.45) is 5.93. The van der Waals surface area contributed by atoms with Gasteiger partial charge >= 0.3 is 0 Å². The number of aryl methyl sites for hydroxylation is 2. The molecular formula is C22H20N6O. The molecule has 0 spiro atoms. The standard InChI is InChI=1S/C22H20N6O/c1-14-6-5-7-16(10-14)28-13-15(12-24-28)17-11-19(29)25-22-20(17)21(26-27(22)2)18-8-3-4-9-23-18/h3-10,12-13,17H,11H2,1-2H3,(H,25,29). The van der Waals surface area contributed by atoms with Crippen molar-refractivity contribution in [1.29, 1.82) is 0 Å². The zero-order chi connectivity index (χ0) is 20.0. The van der Waals surface area contributed by atoms with Crippen molar-refractivity contribution in [2.75, 3.05) is 5.32 Å². The van der Waals surface area contributed by atoms with Crippen molar-refractivity contribution in [1.82, 2.24) is 24.5 Å². The number of fused-ring (bicyclic) bond motifs is 1. The molecule has 1 unspecified atom stereocenters. The number of pyridine rings is 1. The second-order valence-electron chi connectivity index (χ2n) is 7.31. The molecule has 0 saturated heterocycles. The maximum Gasteiger partial charge on any atom is 0.226 e. The van der Waals surface area contributed by atoms with Gasteiger partial charge in [0, 0.05) is 37.3 Å². The summed E-state index contributed by atoms with van der Waals surface area (Å²) in [5.74, 6) is 0.555. The highest BCUT2D eigenvalue weighted by atomic mass is 16.1. The Morgan fingerprint density at radius 2 is 2.07 bits per heavy atom. The number of hydrogen-bond donors (Lipinski definition) is 1. The molecule has 0 radical (unpaired) electrons. The summed E-state index contributed by atoms with van der Waals surface area (Å²) in [5.41, 5.74) is 5.70. The largest absolute Gasteiger partial charge is 0.311 e. The molecule has 1 aliphatic rings. The van der Waals surface area contributed by atoms with E-state index in [4.69, 9.17) is 0 Å². The Kier molecular flexibility index (Phi) is 4.01. The number of rotatable bonds is 3. The number of amides is 1. The minimum Gasteiger partial charge on any atom is -0.311 e. The summed E-state index contributed by atoms with van der Waals surface area (Å²) in [5, 5.41) is 12.2. The van der Waals surface area contributed by atoms with Gasteiger partial charge in [0.2, 0.25) is 5.91 Å². The zero-order valence-corrected chi connectivity index (χ0v) is 16.2. The molecule has 1 aromatic carbocycles. The highest BCUT2D eigenvalue weighted by molar-refractivity contribution is 5.96. The van der Waals surface area contributed by atoms with Crippen molar-refractivity contribution in [2.45, 2.75) is 19.3 Å². The first kappa shape index (κ1) is 17.4. The van der Waals surface area contributed by atoms with E-state index in [1.807, 2.05) is 54.5 Å². The minimum atomic E-state index is -0.136. The first-order valence-electron chi connectivity index (χ1n) is 9.50. The molecule has 1 atom stereocenters. The zero-order valence-electron chi connectivity index (χ0n) is 16.2. The lowest BCUT2D eigenvalue weighted by molar-refractivity contribution is -0.116. The van der Waals surface area contributed by atoms with Crippen molar-refractivity contribution < 1.29 is 4.79 Å². The average Bonchev–Trinajstić information content (AvgIpc) is 3.34. The number of benzene rings is 1. The topological polar surface area (TPSA) is 77.6 Å². The Hall–Kier alpha value is -3.74. The van der Waals surface area contributed by atoms with Crippen LogP contribution in [0.25, 0.3) is 17.1 Å². The average molecular weight is 384 g/mol. The third-order valence-corrected chi connectivity index (χ3v) is 5.26. The van der Waals surface area contributed by atoms with Gasteiger partial charge in [-0.15, -0.1) is 0 Å². The molecule has 144 valence electrons. The van der Waals surface area contributed by atoms with E-state index in [1.54, 1.807) is 10.9 Å². The number of aromatic nitrogens is 5. The highest BCUT2D eigenvalue weighted by Gasteiger charge is 2.34. The van der Waals surface area contributed by atoms with Crippen molar-refractivity contribution in [3.05, 3.63) is 77.7 Å². The summed E-state index contributed by atoms with van der Waals surface area (Å²) in [6.45, 7) is 2.06. The molecule has 4 heterocycles. The predicted molar refractivity (Wildman–Crippen MR) is 110 cm³/mol. The van der Waals surface area contributed by atoms with E-state index in [2.05, 4.69) is 39.6 Å². The van der Waals surface area contributed by atoms with Gasteiger partial charge < -0.3 is 5.32 Å². The van der Waals surface area contributed by atoms with E-state index in [1.165, 1.54) is 5.56 Å². The van der Waals surface area contributed by atoms with Crippen molar-refractivity contribution in [3.8, 4) is 17.1 Å². The molecule has 1 aliphatic heterocycles. The molecular weight excluding hydrogens is 364 g/mol. The van der Waals surface area contributed by atoms with Gasteiger partial charge in [0.05, 0.1) is 17.6 Å². The Balaban J connectivity index is 1.62. The molecule has 1 amide bonds. The van der Waals surface area contributed by atoms with Crippen LogP contribution in [-0.4, -0.2) is 30.5 Å². The molecule has 0 fully saturated rings. The Morgan fingerprint density at radius 1 is 1.17 bits per heavy atom. The molecule has 0 bridgehead atoms. The fourth-order valence-corrected chi connectivity index (χ4v) is 3.89. The van der Waals surface area contributed by atoms with Gasteiger partial charge in [0.15, 0.2) is 0 Å². The van der Waals surface area contributed by atoms with E-state index in [0.29, 0.717) is 6.42 Å². The Bertz CT molecular complexity index is 1210. The lowest BCUT2D eigenvalue weighted by atomic mass is 9.86. The molecule has 7 nitrogen and oxygen atoms in total. The quantitative estimate of drug-likeness (QED) is 0.587. The summed E-state index contributed by atoms with van der Waals surface area (Å²) < 4.78 is 3.57. The second kappa shape index (κ2) is 6.70. The van der Waals surface area contributed by atoms with E-state index < -0.39 is 0 Å². The first-order chi connectivity index (χ1) is 14.1. The number of nitrogens with one attached hydrogen (secondary N) is 1. The molecule has 0 aliphatic carbocycles. The second-order valence-corrected chi connectivity index (χ2v) is 7.31. The van der Waals surface area contributed by atoms with Crippen LogP contribution in [0.4, 0.5) is 5.82 Å². The van der Waals surface area contributed by atoms with Crippen LogP contribution in [0.2, 0.25) is 0 Å². The molecule has 0 saturated carbocycles. The van der Waals surface area contributed by atoms with Crippen LogP contribution >= 0.6 is 0 Å². The fraction of sp³-hybridized carbons (Fsp3) is 0.182. The fourth-order valence-electron chi connectivity index (χ4n) is 3.89. The van der Waals surface area contributed by atoms with Crippen molar-refractivity contribution in [2.24, 2.45) is 7.05 Å². The van der Waals surface area contributed by atoms with Crippen molar-refractivity contribution >= 4 is 11.7 Å². The minimum absolute atomic E-state index is 0.0265. The van der Waals surface area contributed by atoms with Crippen LogP contribution in [-0.2, 0) is 11.8 Å². The molecule has 29 heavy (non-hydrogen) atoms. The van der Waals surface area contributed by atoms with Crippen LogP contribution in [0.1, 0.15) is 29.0 Å². The smallest absolute Gasteiger partial charge is 0.226 e. The molecule has 5 rings (SSSR count). The van der Waals surface area contributed by atoms with Crippen LogP contribution in [0.5, 0.6) is 0 Å². The normalized spacial score (nSPS) is 15.8. The van der Waals surface area contributed by atoms with E-state index >= 15 is 0 Å². The Labute approximate surface area is 168 Å². The first-order valence-corrected chi connectivity index (χ1v) is 9.50. The van der Waals surface area contributed by atoms with Gasteiger partial charge in [-0.05, 0) is 42.3 Å². The molecule has 3 aromatic heterocycles. The van der Waals surface area contributed by atoms with Crippen molar-refractivity contribution in [3.63, 3.8) is 0 Å². The van der Waals surface area contributed by atoms with Crippen LogP contribution in [0.15, 0.2) is 61.1 Å². The van der Waals surface area contributed by atoms with Crippen LogP contribution < -0.4 is 5.32 Å². The lowest BCUT2D eigenvalue weighted by Crippen LogP contribution is -2.24. The van der Waals surface area contributed by atoms with Crippen LogP contribution in [0, 0.1) is 6.92 Å². The Morgan fingerprint density at radius 3 is 2.86 bits per heavy atom. The summed E-state index contributed by atoms with van der Waals surface area (Å²) in [6, 6.07) is 13.9. The summed E-state index contributed by atoms with van der Waals surface area (Å²) >= 11 is 0. The van der Waals surface area contributed by atoms with Gasteiger partial charge in [-0.2, -0.15) is 10.2 Å². The van der Waals surface area contributed by atoms with Gasteiger partial charge in [0.25, 0.3) is 0 Å². The number of nitrogens with zero attached hydrogens (tertiary/aromatic N) is 5. The number of anilines is 1.